The van der Waals surface area contributed by atoms with E-state index in [1.54, 1.807) is 4.68 Å². The molecule has 1 heterocycles. The zero-order valence-electron chi connectivity index (χ0n) is 8.10. The summed E-state index contributed by atoms with van der Waals surface area (Å²) in [7, 11) is 0. The number of hydrogen-bond donors (Lipinski definition) is 0. The van der Waals surface area contributed by atoms with Crippen molar-refractivity contribution in [3.05, 3.63) is 11.4 Å². The van der Waals surface area contributed by atoms with Gasteiger partial charge in [-0.3, -0.25) is 0 Å². The molecule has 0 atom stereocenters. The minimum Gasteiger partial charge on any atom is -0.249 e. The van der Waals surface area contributed by atoms with Gasteiger partial charge < -0.3 is 0 Å². The van der Waals surface area contributed by atoms with Crippen LogP contribution in [0.3, 0.4) is 0 Å². The van der Waals surface area contributed by atoms with E-state index in [2.05, 4.69) is 17.2 Å². The normalized spacial score (nSPS) is 12.1. The van der Waals surface area contributed by atoms with Crippen molar-refractivity contribution < 1.29 is 0 Å². The van der Waals surface area contributed by atoms with Crippen LogP contribution in [0.5, 0.6) is 0 Å². The van der Waals surface area contributed by atoms with Gasteiger partial charge in [0, 0.05) is 6.54 Å². The maximum absolute atomic E-state index is 5.78. The third-order valence-electron chi connectivity index (χ3n) is 1.89. The Bertz CT molecular complexity index is 303. The monoisotopic (exact) mass is 255 g/mol. The second kappa shape index (κ2) is 4.69. The van der Waals surface area contributed by atoms with Gasteiger partial charge in [-0.2, -0.15) is 0 Å². The molecule has 0 aromatic carbocycles. The number of rotatable bonds is 3. The second-order valence-electron chi connectivity index (χ2n) is 2.95. The third-order valence-corrected chi connectivity index (χ3v) is 2.43. The lowest BCUT2D eigenvalue weighted by molar-refractivity contribution is 0.593. The zero-order chi connectivity index (χ0) is 10.8. The number of alkyl halides is 3. The molecule has 0 radical (unpaired) electrons. The molecular weight excluding hydrogens is 244 g/mol. The molecule has 1 aromatic rings. The molecule has 80 valence electrons. The van der Waals surface area contributed by atoms with E-state index in [0.717, 1.165) is 25.1 Å². The first-order chi connectivity index (χ1) is 6.50. The van der Waals surface area contributed by atoms with Gasteiger partial charge in [0.15, 0.2) is 0 Å². The lowest BCUT2D eigenvalue weighted by Crippen LogP contribution is -2.08. The predicted molar refractivity (Wildman–Crippen MR) is 58.9 cm³/mol. The summed E-state index contributed by atoms with van der Waals surface area (Å²) < 4.78 is 0.290. The number of halogens is 3. The fourth-order valence-electron chi connectivity index (χ4n) is 1.29. The second-order valence-corrected chi connectivity index (χ2v) is 5.23. The van der Waals surface area contributed by atoms with Crippen LogP contribution in [0.4, 0.5) is 0 Å². The Morgan fingerprint density at radius 3 is 2.36 bits per heavy atom. The van der Waals surface area contributed by atoms with Crippen molar-refractivity contribution in [3.8, 4) is 0 Å². The highest BCUT2D eigenvalue weighted by molar-refractivity contribution is 6.66. The Morgan fingerprint density at radius 2 is 1.93 bits per heavy atom. The molecule has 3 nitrogen and oxygen atoms in total. The maximum Gasteiger partial charge on any atom is 0.236 e. The van der Waals surface area contributed by atoms with Crippen molar-refractivity contribution >= 4 is 34.8 Å². The topological polar surface area (TPSA) is 30.7 Å². The summed E-state index contributed by atoms with van der Waals surface area (Å²) in [6, 6.07) is 0. The minimum absolute atomic E-state index is 0.450. The van der Waals surface area contributed by atoms with Gasteiger partial charge in [0.1, 0.15) is 5.69 Å². The summed E-state index contributed by atoms with van der Waals surface area (Å²) in [5, 5.41) is 7.83. The average molecular weight is 257 g/mol. The van der Waals surface area contributed by atoms with Gasteiger partial charge in [-0.15, -0.1) is 5.10 Å². The first kappa shape index (κ1) is 12.1. The summed E-state index contributed by atoms with van der Waals surface area (Å²) >= 11 is 17.4. The molecule has 0 spiro atoms. The largest absolute Gasteiger partial charge is 0.249 e. The van der Waals surface area contributed by atoms with Crippen molar-refractivity contribution in [3.63, 3.8) is 0 Å². The van der Waals surface area contributed by atoms with E-state index in [1.165, 1.54) is 0 Å². The Balaban J connectivity index is 3.10. The first-order valence-electron chi connectivity index (χ1n) is 4.50. The lowest BCUT2D eigenvalue weighted by Gasteiger charge is -2.10. The van der Waals surface area contributed by atoms with E-state index in [0.29, 0.717) is 5.69 Å². The van der Waals surface area contributed by atoms with Crippen LogP contribution < -0.4 is 0 Å². The summed E-state index contributed by atoms with van der Waals surface area (Å²) in [6.45, 7) is 4.79. The molecular formula is C8H12Cl3N3. The van der Waals surface area contributed by atoms with Crippen LogP contribution in [0.1, 0.15) is 31.7 Å². The van der Waals surface area contributed by atoms with Crippen molar-refractivity contribution in [2.75, 3.05) is 0 Å². The molecule has 1 aromatic heterocycles. The van der Waals surface area contributed by atoms with Crippen molar-refractivity contribution in [1.82, 2.24) is 15.0 Å². The van der Waals surface area contributed by atoms with Gasteiger partial charge in [0.2, 0.25) is 3.79 Å². The van der Waals surface area contributed by atoms with Crippen LogP contribution in [0.15, 0.2) is 0 Å². The highest BCUT2D eigenvalue weighted by atomic mass is 35.6. The van der Waals surface area contributed by atoms with Gasteiger partial charge in [-0.1, -0.05) is 53.4 Å². The van der Waals surface area contributed by atoms with Crippen LogP contribution in [0.2, 0.25) is 0 Å². The molecule has 6 heteroatoms. The molecule has 0 saturated heterocycles. The number of nitrogens with zero attached hydrogens (tertiary/aromatic N) is 3. The van der Waals surface area contributed by atoms with Crippen LogP contribution >= 0.6 is 34.8 Å². The summed E-state index contributed by atoms with van der Waals surface area (Å²) in [6.07, 6.45) is 1.80. The predicted octanol–water partition coefficient (Wildman–Crippen LogP) is 3.08. The molecule has 0 aliphatic rings. The molecule has 0 amide bonds. The standard InChI is InChI=1S/C8H12Cl3N3/c1-3-5-6-7(8(9,10)11)12-13-14(6)4-2/h3-5H2,1-2H3. The van der Waals surface area contributed by atoms with Crippen LogP contribution in [-0.4, -0.2) is 15.0 Å². The van der Waals surface area contributed by atoms with Gasteiger partial charge in [-0.25, -0.2) is 4.68 Å². The van der Waals surface area contributed by atoms with E-state index in [9.17, 15) is 0 Å². The van der Waals surface area contributed by atoms with Crippen molar-refractivity contribution in [2.45, 2.75) is 37.0 Å². The van der Waals surface area contributed by atoms with E-state index in [-0.39, 0.29) is 0 Å². The van der Waals surface area contributed by atoms with E-state index in [1.807, 2.05) is 6.92 Å². The van der Waals surface area contributed by atoms with E-state index in [4.69, 9.17) is 34.8 Å². The average Bonchev–Trinajstić information content (AvgIpc) is 2.47. The molecule has 0 aliphatic carbocycles. The zero-order valence-corrected chi connectivity index (χ0v) is 10.4. The summed E-state index contributed by atoms with van der Waals surface area (Å²) in [5.74, 6) is 0. The smallest absolute Gasteiger partial charge is 0.236 e. The SMILES string of the molecule is CCCc1c(C(Cl)(Cl)Cl)nnn1CC. The van der Waals surface area contributed by atoms with E-state index >= 15 is 0 Å². The molecule has 0 unspecified atom stereocenters. The summed E-state index contributed by atoms with van der Waals surface area (Å²) in [4.78, 5) is 0. The number of hydrogen-bond acceptors (Lipinski definition) is 2. The van der Waals surface area contributed by atoms with Gasteiger partial charge in [0.25, 0.3) is 0 Å². The molecule has 0 N–H and O–H groups in total. The van der Waals surface area contributed by atoms with Crippen molar-refractivity contribution in [1.29, 1.82) is 0 Å². The van der Waals surface area contributed by atoms with Gasteiger partial charge in [-0.05, 0) is 13.3 Å². The van der Waals surface area contributed by atoms with Crippen LogP contribution in [0, 0.1) is 0 Å². The molecule has 14 heavy (non-hydrogen) atoms. The van der Waals surface area contributed by atoms with Crippen LogP contribution in [-0.2, 0) is 16.8 Å². The highest BCUT2D eigenvalue weighted by Gasteiger charge is 2.30. The number of aryl methyl sites for hydroxylation is 1. The Kier molecular flexibility index (Phi) is 4.04. The molecule has 0 aliphatic heterocycles. The first-order valence-corrected chi connectivity index (χ1v) is 5.63. The Hall–Kier alpha value is 0.01000. The van der Waals surface area contributed by atoms with Crippen LogP contribution in [0.25, 0.3) is 0 Å². The highest BCUT2D eigenvalue weighted by Crippen LogP contribution is 2.38. The van der Waals surface area contributed by atoms with Gasteiger partial charge >= 0.3 is 0 Å². The fourth-order valence-corrected chi connectivity index (χ4v) is 1.73. The third kappa shape index (κ3) is 2.53. The molecule has 1 rings (SSSR count). The fraction of sp³-hybridized carbons (Fsp3) is 0.750. The molecule has 0 bridgehead atoms. The number of aromatic nitrogens is 3. The maximum atomic E-state index is 5.78. The van der Waals surface area contributed by atoms with Gasteiger partial charge in [0.05, 0.1) is 5.69 Å². The molecule has 0 fully saturated rings. The molecule has 0 saturated carbocycles. The lowest BCUT2D eigenvalue weighted by atomic mass is 10.2. The minimum atomic E-state index is -1.47. The summed E-state index contributed by atoms with van der Waals surface area (Å²) in [5.41, 5.74) is 1.36. The van der Waals surface area contributed by atoms with Crippen molar-refractivity contribution in [2.24, 2.45) is 0 Å². The van der Waals surface area contributed by atoms with E-state index < -0.39 is 3.79 Å². The quantitative estimate of drug-likeness (QED) is 0.778. The Morgan fingerprint density at radius 1 is 1.29 bits per heavy atom. The Labute approximate surface area is 98.3 Å².